The number of H-pyrrole nitrogens is 2. The Morgan fingerprint density at radius 3 is 1.61 bits per heavy atom. The first-order valence-electron chi connectivity index (χ1n) is 21.3. The standard InChI is InChI=1S/C47H54N8O6/c1-24(2)38(52-44(58)59)42(56)54-34(18-46(5)20-36(46)54)40-48-22-32(50-40)27-10-8-26(9-11-27)28-12-13-30-17-31(15-14-29(30)16-28)33-23-49-41(51-33)35-19-47(6)21-37(47)55(35)43(57)39(25(3)4)53-45(60)61-7/h8-17,22-25,34-39,52H,18-21H2,1-7H3,(H,48,50)(H,49,51)(H,53,60)(H,58,59)/t34-,35-,36+,37+,38-,39-,46-,47-/m0/s1. The number of aromatic amines is 2. The number of nitrogens with one attached hydrogen (secondary N) is 4. The zero-order chi connectivity index (χ0) is 43.1. The van der Waals surface area contributed by atoms with E-state index in [1.807, 2.05) is 49.9 Å². The summed E-state index contributed by atoms with van der Waals surface area (Å²) in [6.07, 6.45) is 5.40. The van der Waals surface area contributed by atoms with Crippen molar-refractivity contribution >= 4 is 34.8 Å². The summed E-state index contributed by atoms with van der Waals surface area (Å²) in [7, 11) is 1.30. The number of alkyl carbamates (subject to hydrolysis) is 1. The van der Waals surface area contributed by atoms with Crippen LogP contribution in [-0.4, -0.2) is 90.1 Å². The van der Waals surface area contributed by atoms with E-state index < -0.39 is 24.3 Å². The lowest BCUT2D eigenvalue weighted by Crippen LogP contribution is -2.52. The molecule has 0 unspecified atom stereocenters. The van der Waals surface area contributed by atoms with E-state index in [4.69, 9.17) is 14.7 Å². The number of carboxylic acid groups (broad SMARTS) is 1. The van der Waals surface area contributed by atoms with Crippen molar-refractivity contribution in [1.82, 2.24) is 40.4 Å². The number of hydrogen-bond donors (Lipinski definition) is 5. The Kier molecular flexibility index (Phi) is 9.74. The highest BCUT2D eigenvalue weighted by Crippen LogP contribution is 2.64. The van der Waals surface area contributed by atoms with Crippen LogP contribution >= 0.6 is 0 Å². The van der Waals surface area contributed by atoms with Crippen LogP contribution in [0.4, 0.5) is 9.59 Å². The van der Waals surface area contributed by atoms with Crippen molar-refractivity contribution in [2.75, 3.05) is 7.11 Å². The maximum atomic E-state index is 14.0. The lowest BCUT2D eigenvalue weighted by atomic mass is 9.98. The Labute approximate surface area is 354 Å². The Morgan fingerprint density at radius 2 is 1.11 bits per heavy atom. The third kappa shape index (κ3) is 7.19. The summed E-state index contributed by atoms with van der Waals surface area (Å²) in [6, 6.07) is 19.2. The number of carbonyl (C=O) groups is 4. The Bertz CT molecular complexity index is 2550. The molecule has 4 heterocycles. The Morgan fingerprint density at radius 1 is 0.672 bits per heavy atom. The monoisotopic (exact) mass is 826 g/mol. The van der Waals surface area contributed by atoms with Crippen molar-refractivity contribution in [3.63, 3.8) is 0 Å². The van der Waals surface area contributed by atoms with Crippen molar-refractivity contribution in [2.24, 2.45) is 22.7 Å². The van der Waals surface area contributed by atoms with Gasteiger partial charge in [-0.25, -0.2) is 19.6 Å². The first-order chi connectivity index (χ1) is 29.1. The zero-order valence-electron chi connectivity index (χ0n) is 35.7. The van der Waals surface area contributed by atoms with E-state index in [1.54, 1.807) is 0 Å². The van der Waals surface area contributed by atoms with E-state index >= 15 is 0 Å². The molecule has 14 nitrogen and oxygen atoms in total. The molecule has 9 rings (SSSR count). The molecule has 2 aliphatic carbocycles. The number of amides is 4. The predicted octanol–water partition coefficient (Wildman–Crippen LogP) is 8.06. The highest BCUT2D eigenvalue weighted by Gasteiger charge is 2.65. The van der Waals surface area contributed by atoms with Crippen LogP contribution in [0.3, 0.4) is 0 Å². The number of likely N-dealkylation sites (tertiary alicyclic amines) is 2. The second kappa shape index (κ2) is 14.8. The molecule has 318 valence electrons. The third-order valence-electron chi connectivity index (χ3n) is 13.9. The highest BCUT2D eigenvalue weighted by atomic mass is 16.5. The number of methoxy groups -OCH3 is 1. The van der Waals surface area contributed by atoms with Gasteiger partial charge in [0.05, 0.1) is 30.6 Å². The second-order valence-corrected chi connectivity index (χ2v) is 18.9. The smallest absolute Gasteiger partial charge is 0.407 e. The molecular weight excluding hydrogens is 773 g/mol. The quantitative estimate of drug-likeness (QED) is 0.0885. The highest BCUT2D eigenvalue weighted by molar-refractivity contribution is 5.91. The molecule has 5 N–H and O–H groups in total. The molecule has 2 aromatic heterocycles. The van der Waals surface area contributed by atoms with Gasteiger partial charge in [-0.2, -0.15) is 0 Å². The molecule has 0 bridgehead atoms. The van der Waals surface area contributed by atoms with Crippen LogP contribution in [0, 0.1) is 22.7 Å². The Hall–Kier alpha value is -6.18. The van der Waals surface area contributed by atoms with Crippen LogP contribution in [-0.2, 0) is 14.3 Å². The van der Waals surface area contributed by atoms with E-state index in [0.717, 1.165) is 75.9 Å². The topological polar surface area (TPSA) is 186 Å². The molecule has 61 heavy (non-hydrogen) atoms. The van der Waals surface area contributed by atoms with Gasteiger partial charge in [0.15, 0.2) is 0 Å². The third-order valence-corrected chi connectivity index (χ3v) is 13.9. The maximum absolute atomic E-state index is 14.0. The van der Waals surface area contributed by atoms with Crippen LogP contribution in [0.25, 0.3) is 44.4 Å². The fourth-order valence-electron chi connectivity index (χ4n) is 10.1. The number of hydrogen-bond acceptors (Lipinski definition) is 7. The van der Waals surface area contributed by atoms with Gasteiger partial charge in [0.2, 0.25) is 11.8 Å². The number of nitrogens with zero attached hydrogens (tertiary/aromatic N) is 4. The van der Waals surface area contributed by atoms with Crippen LogP contribution in [0.5, 0.6) is 0 Å². The average Bonchev–Trinajstić information content (AvgIpc) is 3.68. The molecule has 14 heteroatoms. The Balaban J connectivity index is 0.895. The minimum atomic E-state index is -1.20. The van der Waals surface area contributed by atoms with E-state index in [9.17, 15) is 24.3 Å². The lowest BCUT2D eigenvalue weighted by Gasteiger charge is -2.31. The van der Waals surface area contributed by atoms with Gasteiger partial charge in [-0.3, -0.25) is 9.59 Å². The first kappa shape index (κ1) is 40.2. The number of piperidine rings is 2. The number of carbonyl (C=O) groups excluding carboxylic acids is 3. The van der Waals surface area contributed by atoms with E-state index in [-0.39, 0.29) is 58.6 Å². The minimum absolute atomic E-state index is 0.00795. The molecule has 0 radical (unpaired) electrons. The molecular formula is C47H54N8O6. The van der Waals surface area contributed by atoms with Crippen molar-refractivity contribution in [2.45, 2.75) is 103 Å². The SMILES string of the molecule is COC(=O)N[C@H](C(=O)N1[C@H](c2nc(-c3ccc4cc(-c5ccc(-c6c[nH]c([C@@H]7C[C@@]8(C)C[C@H]8N7C(=O)[C@@H](NC(=O)O)C(C)C)n6)cc5)ccc4c3)c[nH]2)C[C@@]2(C)C[C@@H]12)C(C)C. The number of rotatable bonds is 11. The van der Waals surface area contributed by atoms with Gasteiger partial charge in [-0.15, -0.1) is 0 Å². The summed E-state index contributed by atoms with van der Waals surface area (Å²) in [6.45, 7) is 12.0. The van der Waals surface area contributed by atoms with Crippen molar-refractivity contribution in [1.29, 1.82) is 0 Å². The van der Waals surface area contributed by atoms with Gasteiger partial charge < -0.3 is 40.2 Å². The number of benzene rings is 3. The van der Waals surface area contributed by atoms with Gasteiger partial charge >= 0.3 is 12.2 Å². The predicted molar refractivity (Wildman–Crippen MR) is 230 cm³/mol. The van der Waals surface area contributed by atoms with Crippen LogP contribution in [0.1, 0.15) is 91.0 Å². The summed E-state index contributed by atoms with van der Waals surface area (Å²) >= 11 is 0. The summed E-state index contributed by atoms with van der Waals surface area (Å²) in [4.78, 5) is 71.9. The molecule has 8 atom stereocenters. The van der Waals surface area contributed by atoms with Gasteiger partial charge in [-0.1, -0.05) is 90.1 Å². The molecule has 2 aliphatic heterocycles. The number of fused-ring (bicyclic) bond motifs is 3. The number of imidazole rings is 2. The minimum Gasteiger partial charge on any atom is -0.465 e. The van der Waals surface area contributed by atoms with Crippen LogP contribution in [0.15, 0.2) is 73.1 Å². The molecule has 2 saturated heterocycles. The molecule has 3 aromatic carbocycles. The summed E-state index contributed by atoms with van der Waals surface area (Å²) in [5.74, 6) is 0.847. The fourth-order valence-corrected chi connectivity index (χ4v) is 10.1. The zero-order valence-corrected chi connectivity index (χ0v) is 35.7. The molecule has 4 fully saturated rings. The summed E-state index contributed by atoms with van der Waals surface area (Å²) in [5.41, 5.74) is 5.69. The van der Waals surface area contributed by atoms with Gasteiger partial charge in [0, 0.05) is 35.6 Å². The normalized spacial score (nSPS) is 25.9. The van der Waals surface area contributed by atoms with E-state index in [1.165, 1.54) is 7.11 Å². The molecule has 2 saturated carbocycles. The molecule has 0 spiro atoms. The first-order valence-corrected chi connectivity index (χ1v) is 21.3. The second-order valence-electron chi connectivity index (χ2n) is 18.9. The molecule has 5 aromatic rings. The van der Waals surface area contributed by atoms with Gasteiger partial charge in [-0.05, 0) is 82.4 Å². The van der Waals surface area contributed by atoms with Crippen LogP contribution < -0.4 is 10.6 Å². The largest absolute Gasteiger partial charge is 0.465 e. The number of ether oxygens (including phenoxy) is 1. The summed E-state index contributed by atoms with van der Waals surface area (Å²) < 4.78 is 4.82. The molecule has 4 amide bonds. The van der Waals surface area contributed by atoms with Gasteiger partial charge in [0.1, 0.15) is 23.7 Å². The van der Waals surface area contributed by atoms with Crippen molar-refractivity contribution < 1.29 is 29.0 Å². The van der Waals surface area contributed by atoms with Crippen molar-refractivity contribution in [3.8, 4) is 33.6 Å². The molecule has 4 aliphatic rings. The maximum Gasteiger partial charge on any atom is 0.407 e. The van der Waals surface area contributed by atoms with Gasteiger partial charge in [0.25, 0.3) is 0 Å². The lowest BCUT2D eigenvalue weighted by molar-refractivity contribution is -0.137. The van der Waals surface area contributed by atoms with Crippen LogP contribution in [0.2, 0.25) is 0 Å². The summed E-state index contributed by atoms with van der Waals surface area (Å²) in [5, 5.41) is 16.8. The van der Waals surface area contributed by atoms with E-state index in [0.29, 0.717) is 5.82 Å². The average molecular weight is 827 g/mol. The van der Waals surface area contributed by atoms with Crippen molar-refractivity contribution in [3.05, 3.63) is 84.7 Å². The van der Waals surface area contributed by atoms with E-state index in [2.05, 4.69) is 95.1 Å². The fraction of sp³-hybridized carbons (Fsp3) is 0.447. The number of aromatic nitrogens is 4.